The molecular formula is C14H26N6O2. The van der Waals surface area contributed by atoms with E-state index in [0.717, 1.165) is 32.6 Å². The van der Waals surface area contributed by atoms with Crippen molar-refractivity contribution in [1.29, 1.82) is 0 Å². The van der Waals surface area contributed by atoms with E-state index < -0.39 is 0 Å². The van der Waals surface area contributed by atoms with E-state index in [1.54, 1.807) is 11.0 Å². The smallest absolute Gasteiger partial charge is 0.314 e. The molecule has 1 aliphatic heterocycles. The molecule has 0 spiro atoms. The molecule has 2 amide bonds. The molecular weight excluding hydrogens is 284 g/mol. The minimum Gasteiger partial charge on any atom is -0.373 e. The Balaban J connectivity index is 1.50. The van der Waals surface area contributed by atoms with Crippen molar-refractivity contribution in [3.63, 3.8) is 0 Å². The van der Waals surface area contributed by atoms with E-state index in [4.69, 9.17) is 4.74 Å². The fourth-order valence-electron chi connectivity index (χ4n) is 2.65. The summed E-state index contributed by atoms with van der Waals surface area (Å²) in [6.45, 7) is 8.88. The standard InChI is InChI=1S/C14H26N6O2/c1-12-8-19(9-13(2)22-12)7-5-17-14(21)16-4-3-6-20-11-15-10-18-20/h10-13H,3-9H2,1-2H3,(H2,16,17,21)/t12-,13+. The predicted octanol–water partition coefficient (Wildman–Crippen LogP) is 0.0766. The van der Waals surface area contributed by atoms with Crippen LogP contribution in [0, 0.1) is 0 Å². The Hall–Kier alpha value is -1.67. The lowest BCUT2D eigenvalue weighted by atomic mass is 10.2. The number of carbonyl (C=O) groups excluding carboxylic acids is 1. The number of aromatic nitrogens is 3. The highest BCUT2D eigenvalue weighted by atomic mass is 16.5. The van der Waals surface area contributed by atoms with E-state index in [9.17, 15) is 4.79 Å². The van der Waals surface area contributed by atoms with Crippen LogP contribution in [-0.4, -0.2) is 70.6 Å². The third kappa shape index (κ3) is 5.98. The first-order valence-electron chi connectivity index (χ1n) is 7.85. The van der Waals surface area contributed by atoms with E-state index in [0.29, 0.717) is 13.1 Å². The number of nitrogens with one attached hydrogen (secondary N) is 2. The summed E-state index contributed by atoms with van der Waals surface area (Å²) in [5.74, 6) is 0. The molecule has 0 saturated carbocycles. The lowest BCUT2D eigenvalue weighted by Gasteiger charge is -2.35. The van der Waals surface area contributed by atoms with Gasteiger partial charge in [-0.2, -0.15) is 5.10 Å². The third-order valence-electron chi connectivity index (χ3n) is 3.52. The first-order valence-corrected chi connectivity index (χ1v) is 7.85. The third-order valence-corrected chi connectivity index (χ3v) is 3.52. The van der Waals surface area contributed by atoms with Crippen molar-refractivity contribution < 1.29 is 9.53 Å². The molecule has 1 fully saturated rings. The van der Waals surface area contributed by atoms with Crippen molar-refractivity contribution in [3.8, 4) is 0 Å². The van der Waals surface area contributed by atoms with E-state index >= 15 is 0 Å². The minimum absolute atomic E-state index is 0.118. The zero-order chi connectivity index (χ0) is 15.8. The number of nitrogens with zero attached hydrogens (tertiary/aromatic N) is 4. The van der Waals surface area contributed by atoms with Crippen molar-refractivity contribution in [3.05, 3.63) is 12.7 Å². The summed E-state index contributed by atoms with van der Waals surface area (Å²) in [5.41, 5.74) is 0. The SMILES string of the molecule is C[C@@H]1CN(CCNC(=O)NCCCn2cncn2)C[C@H](C)O1. The summed E-state index contributed by atoms with van der Waals surface area (Å²) < 4.78 is 7.44. The maximum atomic E-state index is 11.7. The van der Waals surface area contributed by atoms with Crippen LogP contribution in [0.15, 0.2) is 12.7 Å². The van der Waals surface area contributed by atoms with Gasteiger partial charge < -0.3 is 15.4 Å². The summed E-state index contributed by atoms with van der Waals surface area (Å²) in [6.07, 6.45) is 4.52. The Morgan fingerprint density at radius 1 is 1.23 bits per heavy atom. The summed E-state index contributed by atoms with van der Waals surface area (Å²) in [7, 11) is 0. The maximum Gasteiger partial charge on any atom is 0.314 e. The average Bonchev–Trinajstić information content (AvgIpc) is 2.96. The number of urea groups is 1. The zero-order valence-electron chi connectivity index (χ0n) is 13.4. The van der Waals surface area contributed by atoms with E-state index in [2.05, 4.69) is 39.5 Å². The van der Waals surface area contributed by atoms with Gasteiger partial charge in [0.05, 0.1) is 12.2 Å². The van der Waals surface area contributed by atoms with E-state index in [1.165, 1.54) is 6.33 Å². The topological polar surface area (TPSA) is 84.3 Å². The monoisotopic (exact) mass is 310 g/mol. The predicted molar refractivity (Wildman–Crippen MR) is 82.5 cm³/mol. The largest absolute Gasteiger partial charge is 0.373 e. The van der Waals surface area contributed by atoms with Gasteiger partial charge in [-0.3, -0.25) is 9.58 Å². The molecule has 22 heavy (non-hydrogen) atoms. The summed E-state index contributed by atoms with van der Waals surface area (Å²) in [6, 6.07) is -0.118. The second kappa shape index (κ2) is 8.70. The van der Waals surface area contributed by atoms with Gasteiger partial charge in [0.25, 0.3) is 0 Å². The lowest BCUT2D eigenvalue weighted by molar-refractivity contribution is -0.0672. The molecule has 0 bridgehead atoms. The highest BCUT2D eigenvalue weighted by Crippen LogP contribution is 2.09. The maximum absolute atomic E-state index is 11.7. The molecule has 8 nitrogen and oxygen atoms in total. The molecule has 2 N–H and O–H groups in total. The van der Waals surface area contributed by atoms with Crippen LogP contribution in [0.3, 0.4) is 0 Å². The molecule has 1 aliphatic rings. The van der Waals surface area contributed by atoms with Gasteiger partial charge in [0.15, 0.2) is 0 Å². The number of rotatable bonds is 7. The van der Waals surface area contributed by atoms with Crippen molar-refractivity contribution in [1.82, 2.24) is 30.3 Å². The summed E-state index contributed by atoms with van der Waals surface area (Å²) in [4.78, 5) is 17.9. The molecule has 2 atom stereocenters. The number of hydrogen-bond donors (Lipinski definition) is 2. The van der Waals surface area contributed by atoms with Gasteiger partial charge in [-0.1, -0.05) is 0 Å². The number of carbonyl (C=O) groups is 1. The van der Waals surface area contributed by atoms with Gasteiger partial charge in [0.1, 0.15) is 12.7 Å². The first kappa shape index (κ1) is 16.7. The Morgan fingerprint density at radius 3 is 2.64 bits per heavy atom. The van der Waals surface area contributed by atoms with E-state index in [-0.39, 0.29) is 18.2 Å². The Morgan fingerprint density at radius 2 is 1.95 bits per heavy atom. The molecule has 0 aromatic carbocycles. The molecule has 2 rings (SSSR count). The van der Waals surface area contributed by atoms with Gasteiger partial charge in [0.2, 0.25) is 0 Å². The van der Waals surface area contributed by atoms with Gasteiger partial charge in [-0.15, -0.1) is 0 Å². The lowest BCUT2D eigenvalue weighted by Crippen LogP contribution is -2.48. The van der Waals surface area contributed by atoms with Crippen molar-refractivity contribution in [2.75, 3.05) is 32.7 Å². The van der Waals surface area contributed by atoms with Crippen LogP contribution in [0.5, 0.6) is 0 Å². The van der Waals surface area contributed by atoms with Crippen molar-refractivity contribution in [2.45, 2.75) is 39.0 Å². The number of morpholine rings is 1. The van der Waals surface area contributed by atoms with Crippen molar-refractivity contribution in [2.24, 2.45) is 0 Å². The number of aryl methyl sites for hydroxylation is 1. The van der Waals surface area contributed by atoms with Crippen LogP contribution < -0.4 is 10.6 Å². The molecule has 1 aromatic heterocycles. The van der Waals surface area contributed by atoms with Crippen LogP contribution in [0.2, 0.25) is 0 Å². The van der Waals surface area contributed by atoms with Gasteiger partial charge in [-0.25, -0.2) is 9.78 Å². The minimum atomic E-state index is -0.118. The molecule has 0 unspecified atom stereocenters. The molecule has 1 saturated heterocycles. The van der Waals surface area contributed by atoms with E-state index in [1.807, 2.05) is 0 Å². The van der Waals surface area contributed by atoms with Gasteiger partial charge in [-0.05, 0) is 20.3 Å². The second-order valence-electron chi connectivity index (χ2n) is 5.71. The Labute approximate surface area is 131 Å². The van der Waals surface area contributed by atoms with Crippen LogP contribution in [-0.2, 0) is 11.3 Å². The van der Waals surface area contributed by atoms with Gasteiger partial charge >= 0.3 is 6.03 Å². The quantitative estimate of drug-likeness (QED) is 0.697. The normalized spacial score (nSPS) is 22.5. The highest BCUT2D eigenvalue weighted by Gasteiger charge is 2.21. The van der Waals surface area contributed by atoms with Crippen molar-refractivity contribution >= 4 is 6.03 Å². The number of ether oxygens (including phenoxy) is 1. The molecule has 0 radical (unpaired) electrons. The zero-order valence-corrected chi connectivity index (χ0v) is 13.4. The molecule has 124 valence electrons. The van der Waals surface area contributed by atoms with Crippen LogP contribution in [0.1, 0.15) is 20.3 Å². The Bertz CT molecular complexity index is 429. The fraction of sp³-hybridized carbons (Fsp3) is 0.786. The molecule has 8 heteroatoms. The van der Waals surface area contributed by atoms with Crippen LogP contribution in [0.25, 0.3) is 0 Å². The number of amides is 2. The molecule has 2 heterocycles. The fourth-order valence-corrected chi connectivity index (χ4v) is 2.65. The average molecular weight is 310 g/mol. The van der Waals surface area contributed by atoms with Crippen LogP contribution in [0.4, 0.5) is 4.79 Å². The van der Waals surface area contributed by atoms with Crippen LogP contribution >= 0.6 is 0 Å². The summed E-state index contributed by atoms with van der Waals surface area (Å²) >= 11 is 0. The van der Waals surface area contributed by atoms with Gasteiger partial charge in [0, 0.05) is 39.3 Å². The summed E-state index contributed by atoms with van der Waals surface area (Å²) in [5, 5.41) is 9.74. The Kier molecular flexibility index (Phi) is 6.60. The second-order valence-corrected chi connectivity index (χ2v) is 5.71. The first-order chi connectivity index (χ1) is 10.6. The molecule has 0 aliphatic carbocycles. The highest BCUT2D eigenvalue weighted by molar-refractivity contribution is 5.73. The number of hydrogen-bond acceptors (Lipinski definition) is 5. The molecule has 1 aromatic rings.